The second-order valence-electron chi connectivity index (χ2n) is 5.06. The molecule has 0 aromatic heterocycles. The highest BCUT2D eigenvalue weighted by molar-refractivity contribution is 5.98. The number of hydrogen-bond acceptors (Lipinski definition) is 5. The van der Waals surface area contributed by atoms with Gasteiger partial charge in [-0.15, -0.1) is 0 Å². The van der Waals surface area contributed by atoms with Gasteiger partial charge in [0.15, 0.2) is 11.5 Å². The fourth-order valence-electron chi connectivity index (χ4n) is 2.12. The number of phenolic OH excluding ortho intramolecular Hbond substituents is 1. The van der Waals surface area contributed by atoms with Gasteiger partial charge in [-0.2, -0.15) is 5.26 Å². The lowest BCUT2D eigenvalue weighted by Gasteiger charge is -2.18. The van der Waals surface area contributed by atoms with E-state index in [9.17, 15) is 9.90 Å². The molecule has 1 aliphatic rings. The average Bonchev–Trinajstić information content (AvgIpc) is 2.66. The highest BCUT2D eigenvalue weighted by Gasteiger charge is 2.39. The van der Waals surface area contributed by atoms with Crippen LogP contribution in [0.1, 0.15) is 19.4 Å². The first-order chi connectivity index (χ1) is 9.89. The molecule has 1 heterocycles. The van der Waals surface area contributed by atoms with E-state index in [4.69, 9.17) is 14.7 Å². The molecule has 21 heavy (non-hydrogen) atoms. The van der Waals surface area contributed by atoms with Crippen molar-refractivity contribution in [3.8, 4) is 17.6 Å². The Morgan fingerprint density at radius 3 is 2.71 bits per heavy atom. The minimum absolute atomic E-state index is 0.0157. The summed E-state index contributed by atoms with van der Waals surface area (Å²) in [6.45, 7) is 3.46. The van der Waals surface area contributed by atoms with Gasteiger partial charge in [-0.25, -0.2) is 4.79 Å². The van der Waals surface area contributed by atoms with E-state index in [0.29, 0.717) is 11.3 Å². The molecule has 0 spiro atoms. The molecule has 1 aromatic carbocycles. The van der Waals surface area contributed by atoms with Gasteiger partial charge in [0.05, 0.1) is 7.11 Å². The molecular formula is C16H15NO4. The number of nitrogens with zero attached hydrogens (tertiary/aromatic N) is 1. The molecule has 1 aliphatic heterocycles. The first-order valence-corrected chi connectivity index (χ1v) is 6.32. The van der Waals surface area contributed by atoms with Crippen LogP contribution in [0.3, 0.4) is 0 Å². The lowest BCUT2D eigenvalue weighted by Crippen LogP contribution is -2.22. The molecule has 0 unspecified atom stereocenters. The van der Waals surface area contributed by atoms with Crippen molar-refractivity contribution in [2.24, 2.45) is 0 Å². The van der Waals surface area contributed by atoms with Crippen LogP contribution in [0, 0.1) is 11.3 Å². The van der Waals surface area contributed by atoms with Crippen LogP contribution in [0.2, 0.25) is 0 Å². The number of rotatable bonds is 3. The summed E-state index contributed by atoms with van der Waals surface area (Å²) in [5.74, 6) is -0.207. The maximum Gasteiger partial charge on any atom is 0.350 e. The monoisotopic (exact) mass is 285 g/mol. The standard InChI is InChI=1S/C16H15NO4/c1-16(2)12(11(9-17)15(19)21-16)6-4-10-5-7-13(18)14(8-10)20-3/h4-8,18H,1-3H3/b6-4+. The van der Waals surface area contributed by atoms with Crippen LogP contribution in [0.15, 0.2) is 35.4 Å². The lowest BCUT2D eigenvalue weighted by molar-refractivity contribution is -0.144. The molecule has 5 heteroatoms. The minimum Gasteiger partial charge on any atom is -0.504 e. The van der Waals surface area contributed by atoms with E-state index in [-0.39, 0.29) is 11.3 Å². The molecule has 0 amide bonds. The zero-order valence-electron chi connectivity index (χ0n) is 12.0. The quantitative estimate of drug-likeness (QED) is 0.863. The summed E-state index contributed by atoms with van der Waals surface area (Å²) in [4.78, 5) is 11.6. The van der Waals surface area contributed by atoms with Crippen molar-refractivity contribution >= 4 is 12.0 Å². The topological polar surface area (TPSA) is 79.5 Å². The van der Waals surface area contributed by atoms with Gasteiger partial charge in [0.25, 0.3) is 0 Å². The second kappa shape index (κ2) is 5.33. The molecule has 108 valence electrons. The third-order valence-electron chi connectivity index (χ3n) is 3.23. The molecule has 0 fully saturated rings. The van der Waals surface area contributed by atoms with E-state index in [2.05, 4.69) is 0 Å². The first kappa shape index (κ1) is 14.7. The van der Waals surface area contributed by atoms with Crippen LogP contribution in [0.5, 0.6) is 11.5 Å². The van der Waals surface area contributed by atoms with Gasteiger partial charge in [-0.05, 0) is 31.5 Å². The molecule has 0 atom stereocenters. The number of benzene rings is 1. The van der Waals surface area contributed by atoms with Gasteiger partial charge in [0.1, 0.15) is 17.2 Å². The molecule has 0 bridgehead atoms. The van der Waals surface area contributed by atoms with Crippen LogP contribution in [-0.2, 0) is 9.53 Å². The van der Waals surface area contributed by atoms with E-state index in [1.807, 2.05) is 6.07 Å². The van der Waals surface area contributed by atoms with Gasteiger partial charge < -0.3 is 14.6 Å². The molecule has 1 aromatic rings. The van der Waals surface area contributed by atoms with Crippen LogP contribution < -0.4 is 4.74 Å². The number of ether oxygens (including phenoxy) is 2. The maximum atomic E-state index is 11.6. The fraction of sp³-hybridized carbons (Fsp3) is 0.250. The number of nitriles is 1. The van der Waals surface area contributed by atoms with E-state index in [1.165, 1.54) is 13.2 Å². The zero-order valence-corrected chi connectivity index (χ0v) is 12.0. The molecule has 0 radical (unpaired) electrons. The van der Waals surface area contributed by atoms with Crippen molar-refractivity contribution in [3.63, 3.8) is 0 Å². The Morgan fingerprint density at radius 2 is 2.10 bits per heavy atom. The van der Waals surface area contributed by atoms with Gasteiger partial charge >= 0.3 is 5.97 Å². The highest BCUT2D eigenvalue weighted by atomic mass is 16.6. The molecule has 0 saturated carbocycles. The van der Waals surface area contributed by atoms with E-state index in [0.717, 1.165) is 5.56 Å². The Hall–Kier alpha value is -2.74. The zero-order chi connectivity index (χ0) is 15.6. The molecule has 0 saturated heterocycles. The molecule has 1 N–H and O–H groups in total. The number of hydrogen-bond donors (Lipinski definition) is 1. The number of phenols is 1. The van der Waals surface area contributed by atoms with Crippen molar-refractivity contribution in [2.45, 2.75) is 19.4 Å². The van der Waals surface area contributed by atoms with E-state index >= 15 is 0 Å². The fourth-order valence-corrected chi connectivity index (χ4v) is 2.12. The number of aromatic hydroxyl groups is 1. The highest BCUT2D eigenvalue weighted by Crippen LogP contribution is 2.34. The van der Waals surface area contributed by atoms with Crippen LogP contribution in [-0.4, -0.2) is 23.8 Å². The van der Waals surface area contributed by atoms with E-state index < -0.39 is 11.6 Å². The van der Waals surface area contributed by atoms with Crippen LogP contribution in [0.4, 0.5) is 0 Å². The first-order valence-electron chi connectivity index (χ1n) is 6.32. The summed E-state index contributed by atoms with van der Waals surface area (Å²) in [6, 6.07) is 6.75. The SMILES string of the molecule is COc1cc(/C=C/C2=C(C#N)C(=O)OC2(C)C)ccc1O. The largest absolute Gasteiger partial charge is 0.504 e. The van der Waals surface area contributed by atoms with Crippen LogP contribution in [0.25, 0.3) is 6.08 Å². The Kier molecular flexibility index (Phi) is 3.72. The summed E-state index contributed by atoms with van der Waals surface area (Å²) in [7, 11) is 1.46. The third kappa shape index (κ3) is 2.75. The summed E-state index contributed by atoms with van der Waals surface area (Å²) < 4.78 is 10.2. The van der Waals surface area contributed by atoms with Gasteiger partial charge in [-0.3, -0.25) is 0 Å². The van der Waals surface area contributed by atoms with Crippen molar-refractivity contribution in [1.82, 2.24) is 0 Å². The summed E-state index contributed by atoms with van der Waals surface area (Å²) >= 11 is 0. The molecule has 5 nitrogen and oxygen atoms in total. The molecule has 0 aliphatic carbocycles. The predicted molar refractivity (Wildman–Crippen MR) is 76.5 cm³/mol. The van der Waals surface area contributed by atoms with Crippen LogP contribution >= 0.6 is 0 Å². The molecular weight excluding hydrogens is 270 g/mol. The van der Waals surface area contributed by atoms with Gasteiger partial charge in [-0.1, -0.05) is 18.2 Å². The Balaban J connectivity index is 2.39. The Morgan fingerprint density at radius 1 is 1.38 bits per heavy atom. The van der Waals surface area contributed by atoms with Gasteiger partial charge in [0, 0.05) is 5.57 Å². The van der Waals surface area contributed by atoms with Crippen molar-refractivity contribution in [2.75, 3.05) is 7.11 Å². The lowest BCUT2D eigenvalue weighted by atomic mass is 9.95. The number of esters is 1. The Labute approximate surface area is 122 Å². The van der Waals surface area contributed by atoms with Gasteiger partial charge in [0.2, 0.25) is 0 Å². The summed E-state index contributed by atoms with van der Waals surface area (Å²) in [5.41, 5.74) is 0.480. The third-order valence-corrected chi connectivity index (χ3v) is 3.23. The smallest absolute Gasteiger partial charge is 0.350 e. The number of methoxy groups -OCH3 is 1. The molecule has 2 rings (SSSR count). The van der Waals surface area contributed by atoms with Crippen molar-refractivity contribution < 1.29 is 19.4 Å². The maximum absolute atomic E-state index is 11.6. The average molecular weight is 285 g/mol. The number of carbonyl (C=O) groups is 1. The number of carbonyl (C=O) groups excluding carboxylic acids is 1. The normalized spacial score (nSPS) is 17.0. The van der Waals surface area contributed by atoms with Crippen molar-refractivity contribution in [3.05, 3.63) is 41.0 Å². The second-order valence-corrected chi connectivity index (χ2v) is 5.06. The van der Waals surface area contributed by atoms with E-state index in [1.54, 1.807) is 38.1 Å². The predicted octanol–water partition coefficient (Wildman–Crippen LogP) is 2.57. The summed E-state index contributed by atoms with van der Waals surface area (Å²) in [5, 5.41) is 18.6. The minimum atomic E-state index is -0.834. The Bertz CT molecular complexity index is 693. The number of cyclic esters (lactones) is 1. The summed E-state index contributed by atoms with van der Waals surface area (Å²) in [6.07, 6.45) is 3.41. The van der Waals surface area contributed by atoms with Crippen molar-refractivity contribution in [1.29, 1.82) is 5.26 Å².